The molecule has 1 saturated heterocycles. The summed E-state index contributed by atoms with van der Waals surface area (Å²) in [6.07, 6.45) is 0. The molecular weight excluding hydrogens is 300 g/mol. The third kappa shape index (κ3) is 3.85. The summed E-state index contributed by atoms with van der Waals surface area (Å²) < 4.78 is 0. The molecule has 1 atom stereocenters. The Balaban J connectivity index is 1.68. The van der Waals surface area contributed by atoms with Gasteiger partial charge in [-0.2, -0.15) is 0 Å². The highest BCUT2D eigenvalue weighted by atomic mass is 16.2. The number of hydrogen-bond acceptors (Lipinski definition) is 3. The minimum absolute atomic E-state index is 0.0465. The van der Waals surface area contributed by atoms with Crippen LogP contribution in [0.3, 0.4) is 0 Å². The van der Waals surface area contributed by atoms with Crippen molar-refractivity contribution in [1.29, 1.82) is 0 Å². The number of nitrogens with one attached hydrogen (secondary N) is 1. The summed E-state index contributed by atoms with van der Waals surface area (Å²) >= 11 is 0. The van der Waals surface area contributed by atoms with Gasteiger partial charge in [-0.1, -0.05) is 37.3 Å². The fourth-order valence-corrected chi connectivity index (χ4v) is 3.46. The average Bonchev–Trinajstić information content (AvgIpc) is 2.78. The van der Waals surface area contributed by atoms with Crippen LogP contribution in [0.2, 0.25) is 0 Å². The monoisotopic (exact) mass is 326 g/mol. The van der Waals surface area contributed by atoms with Crippen molar-refractivity contribution in [2.45, 2.75) is 27.3 Å². The fourth-order valence-electron chi connectivity index (χ4n) is 3.46. The molecule has 128 valence electrons. The number of benzene rings is 1. The van der Waals surface area contributed by atoms with Crippen LogP contribution in [-0.4, -0.2) is 51.9 Å². The quantitative estimate of drug-likeness (QED) is 0.943. The number of aromatic amines is 1. The summed E-state index contributed by atoms with van der Waals surface area (Å²) in [5, 5.41) is 0. The Bertz CT molecular complexity index is 695. The molecule has 24 heavy (non-hydrogen) atoms. The molecule has 0 radical (unpaired) electrons. The Hall–Kier alpha value is -2.14. The third-order valence-corrected chi connectivity index (χ3v) is 4.53. The van der Waals surface area contributed by atoms with Gasteiger partial charge in [-0.05, 0) is 25.3 Å². The highest BCUT2D eigenvalue weighted by Crippen LogP contribution is 2.16. The molecule has 1 fully saturated rings. The first-order valence-corrected chi connectivity index (χ1v) is 8.61. The van der Waals surface area contributed by atoms with Crippen molar-refractivity contribution in [3.8, 4) is 0 Å². The summed E-state index contributed by atoms with van der Waals surface area (Å²) in [6, 6.07) is 10.5. The molecule has 1 aromatic heterocycles. The predicted molar refractivity (Wildman–Crippen MR) is 94.8 cm³/mol. The van der Waals surface area contributed by atoms with Gasteiger partial charge in [-0.15, -0.1) is 0 Å². The van der Waals surface area contributed by atoms with Gasteiger partial charge >= 0.3 is 0 Å². The van der Waals surface area contributed by atoms with E-state index in [2.05, 4.69) is 46.1 Å². The van der Waals surface area contributed by atoms with Gasteiger partial charge in [0.1, 0.15) is 11.5 Å². The number of aryl methyl sites for hydroxylation is 2. The fraction of sp³-hybridized carbons (Fsp3) is 0.474. The molecule has 0 spiro atoms. The van der Waals surface area contributed by atoms with Crippen LogP contribution in [0.5, 0.6) is 0 Å². The highest BCUT2D eigenvalue weighted by molar-refractivity contribution is 5.93. The van der Waals surface area contributed by atoms with E-state index >= 15 is 0 Å². The summed E-state index contributed by atoms with van der Waals surface area (Å²) in [4.78, 5) is 24.7. The second-order valence-electron chi connectivity index (χ2n) is 6.87. The number of imidazole rings is 1. The lowest BCUT2D eigenvalue weighted by molar-refractivity contribution is 0.0742. The minimum Gasteiger partial charge on any atom is -0.346 e. The number of carbonyl (C=O) groups is 1. The van der Waals surface area contributed by atoms with Gasteiger partial charge in [-0.3, -0.25) is 9.69 Å². The number of nitrogens with zero attached hydrogens (tertiary/aromatic N) is 3. The van der Waals surface area contributed by atoms with Gasteiger partial charge in [0, 0.05) is 38.4 Å². The minimum atomic E-state index is 0.0465. The van der Waals surface area contributed by atoms with E-state index in [-0.39, 0.29) is 5.91 Å². The molecule has 5 heteroatoms. The van der Waals surface area contributed by atoms with Crippen molar-refractivity contribution in [3.05, 3.63) is 53.1 Å². The Morgan fingerprint density at radius 1 is 1.21 bits per heavy atom. The van der Waals surface area contributed by atoms with Crippen molar-refractivity contribution in [3.63, 3.8) is 0 Å². The SMILES string of the molecule is Cc1nc(C(=O)N2CCN(Cc3ccccc3)CC(C)C2)c(C)[nH]1. The van der Waals surface area contributed by atoms with E-state index in [0.29, 0.717) is 11.6 Å². The zero-order chi connectivity index (χ0) is 17.1. The Morgan fingerprint density at radius 3 is 2.62 bits per heavy atom. The molecule has 1 aromatic carbocycles. The molecule has 1 aliphatic heterocycles. The van der Waals surface area contributed by atoms with Crippen LogP contribution in [0, 0.1) is 19.8 Å². The van der Waals surface area contributed by atoms with Gasteiger partial charge in [-0.25, -0.2) is 4.98 Å². The molecule has 1 unspecified atom stereocenters. The van der Waals surface area contributed by atoms with E-state index in [4.69, 9.17) is 0 Å². The lowest BCUT2D eigenvalue weighted by atomic mass is 10.1. The van der Waals surface area contributed by atoms with E-state index in [1.165, 1.54) is 5.56 Å². The van der Waals surface area contributed by atoms with Crippen LogP contribution in [-0.2, 0) is 6.54 Å². The standard InChI is InChI=1S/C19H26N4O/c1-14-11-22(13-17-7-5-4-6-8-17)9-10-23(12-14)19(24)18-15(2)20-16(3)21-18/h4-8,14H,9-13H2,1-3H3,(H,20,21). The van der Waals surface area contributed by atoms with E-state index in [0.717, 1.165) is 44.2 Å². The number of amides is 1. The maximum absolute atomic E-state index is 12.8. The van der Waals surface area contributed by atoms with Crippen molar-refractivity contribution in [2.24, 2.45) is 5.92 Å². The molecule has 0 bridgehead atoms. The van der Waals surface area contributed by atoms with Gasteiger partial charge in [0.25, 0.3) is 5.91 Å². The Labute approximate surface area is 143 Å². The molecule has 5 nitrogen and oxygen atoms in total. The number of carbonyl (C=O) groups excluding carboxylic acids is 1. The number of aromatic nitrogens is 2. The highest BCUT2D eigenvalue weighted by Gasteiger charge is 2.26. The Kier molecular flexibility index (Phi) is 5.00. The summed E-state index contributed by atoms with van der Waals surface area (Å²) in [5.41, 5.74) is 2.75. The summed E-state index contributed by atoms with van der Waals surface area (Å²) in [5.74, 6) is 1.29. The van der Waals surface area contributed by atoms with Crippen molar-refractivity contribution >= 4 is 5.91 Å². The van der Waals surface area contributed by atoms with Gasteiger partial charge in [0.2, 0.25) is 0 Å². The van der Waals surface area contributed by atoms with Crippen LogP contribution in [0.4, 0.5) is 0 Å². The molecule has 2 heterocycles. The zero-order valence-electron chi connectivity index (χ0n) is 14.7. The second kappa shape index (κ2) is 7.18. The third-order valence-electron chi connectivity index (χ3n) is 4.53. The predicted octanol–water partition coefficient (Wildman–Crippen LogP) is 2.62. The first-order valence-electron chi connectivity index (χ1n) is 8.61. The van der Waals surface area contributed by atoms with Crippen LogP contribution in [0.25, 0.3) is 0 Å². The lowest BCUT2D eigenvalue weighted by Crippen LogP contribution is -2.36. The first-order chi connectivity index (χ1) is 11.5. The molecule has 0 aliphatic carbocycles. The molecule has 2 aromatic rings. The maximum Gasteiger partial charge on any atom is 0.274 e. The molecule has 1 aliphatic rings. The van der Waals surface area contributed by atoms with Crippen LogP contribution in [0.1, 0.15) is 34.5 Å². The van der Waals surface area contributed by atoms with E-state index in [1.807, 2.05) is 24.8 Å². The van der Waals surface area contributed by atoms with E-state index in [1.54, 1.807) is 0 Å². The van der Waals surface area contributed by atoms with Gasteiger partial charge in [0.05, 0.1) is 0 Å². The number of hydrogen-bond donors (Lipinski definition) is 1. The van der Waals surface area contributed by atoms with Crippen LogP contribution >= 0.6 is 0 Å². The molecule has 0 saturated carbocycles. The van der Waals surface area contributed by atoms with Gasteiger partial charge < -0.3 is 9.88 Å². The topological polar surface area (TPSA) is 52.2 Å². The molecular formula is C19H26N4O. The van der Waals surface area contributed by atoms with Crippen molar-refractivity contribution in [2.75, 3.05) is 26.2 Å². The smallest absolute Gasteiger partial charge is 0.274 e. The Morgan fingerprint density at radius 2 is 1.96 bits per heavy atom. The number of H-pyrrole nitrogens is 1. The van der Waals surface area contributed by atoms with E-state index < -0.39 is 0 Å². The maximum atomic E-state index is 12.8. The summed E-state index contributed by atoms with van der Waals surface area (Å²) in [7, 11) is 0. The van der Waals surface area contributed by atoms with Gasteiger partial charge in [0.15, 0.2) is 0 Å². The van der Waals surface area contributed by atoms with Crippen molar-refractivity contribution < 1.29 is 4.79 Å². The van der Waals surface area contributed by atoms with Crippen LogP contribution < -0.4 is 0 Å². The largest absolute Gasteiger partial charge is 0.346 e. The average molecular weight is 326 g/mol. The molecule has 1 N–H and O–H groups in total. The number of rotatable bonds is 3. The molecule has 1 amide bonds. The van der Waals surface area contributed by atoms with Crippen molar-refractivity contribution in [1.82, 2.24) is 19.8 Å². The summed E-state index contributed by atoms with van der Waals surface area (Å²) in [6.45, 7) is 10.4. The lowest BCUT2D eigenvalue weighted by Gasteiger charge is -2.21. The van der Waals surface area contributed by atoms with E-state index in [9.17, 15) is 4.79 Å². The normalized spacial score (nSPS) is 19.3. The molecule has 3 rings (SSSR count). The zero-order valence-corrected chi connectivity index (χ0v) is 14.7. The first kappa shape index (κ1) is 16.7. The second-order valence-corrected chi connectivity index (χ2v) is 6.87. The van der Waals surface area contributed by atoms with Crippen LogP contribution in [0.15, 0.2) is 30.3 Å².